The SMILES string of the molecule is C=C[C@]1(C)C(NC(C)=O)C[C@@]2(C)CC(CCC(C)=O)(CCC2C)CC1OC(C)=O. The molecule has 6 atom stereocenters. The van der Waals surface area contributed by atoms with Gasteiger partial charge >= 0.3 is 5.97 Å². The van der Waals surface area contributed by atoms with Gasteiger partial charge in [0.1, 0.15) is 11.9 Å². The highest BCUT2D eigenvalue weighted by Gasteiger charge is 2.55. The summed E-state index contributed by atoms with van der Waals surface area (Å²) in [6.07, 6.45) is 7.43. The number of fused-ring (bicyclic) bond motifs is 2. The molecule has 0 radical (unpaired) electrons. The monoisotopic (exact) mass is 405 g/mol. The van der Waals surface area contributed by atoms with Gasteiger partial charge in [-0.1, -0.05) is 26.8 Å². The highest BCUT2D eigenvalue weighted by Crippen LogP contribution is 2.59. The van der Waals surface area contributed by atoms with Crippen molar-refractivity contribution in [3.05, 3.63) is 12.7 Å². The Balaban J connectivity index is 2.56. The first-order valence-electron chi connectivity index (χ1n) is 10.9. The fraction of sp³-hybridized carbons (Fsp3) is 0.792. The van der Waals surface area contributed by atoms with Crippen LogP contribution in [0.25, 0.3) is 0 Å². The lowest BCUT2D eigenvalue weighted by Gasteiger charge is -2.57. The van der Waals surface area contributed by atoms with Crippen LogP contribution >= 0.6 is 0 Å². The molecule has 5 nitrogen and oxygen atoms in total. The maximum atomic E-state index is 12.1. The summed E-state index contributed by atoms with van der Waals surface area (Å²) in [5.41, 5.74) is -0.594. The van der Waals surface area contributed by atoms with E-state index < -0.39 is 5.41 Å². The molecule has 0 spiro atoms. The van der Waals surface area contributed by atoms with Gasteiger partial charge < -0.3 is 14.8 Å². The van der Waals surface area contributed by atoms with E-state index in [-0.39, 0.29) is 40.6 Å². The summed E-state index contributed by atoms with van der Waals surface area (Å²) >= 11 is 0. The van der Waals surface area contributed by atoms with Crippen LogP contribution in [0, 0.1) is 22.2 Å². The fourth-order valence-electron chi connectivity index (χ4n) is 5.81. The average Bonchev–Trinajstić information content (AvgIpc) is 2.60. The normalized spacial score (nSPS) is 39.6. The van der Waals surface area contributed by atoms with E-state index in [1.807, 2.05) is 13.0 Å². The van der Waals surface area contributed by atoms with E-state index in [1.165, 1.54) is 13.8 Å². The van der Waals surface area contributed by atoms with Crippen molar-refractivity contribution in [1.29, 1.82) is 0 Å². The van der Waals surface area contributed by atoms with Crippen molar-refractivity contribution in [3.8, 4) is 0 Å². The topological polar surface area (TPSA) is 72.5 Å². The molecule has 2 aliphatic rings. The summed E-state index contributed by atoms with van der Waals surface area (Å²) in [5, 5.41) is 3.15. The third-order valence-corrected chi connectivity index (χ3v) is 7.94. The van der Waals surface area contributed by atoms with Crippen molar-refractivity contribution in [2.75, 3.05) is 0 Å². The summed E-state index contributed by atoms with van der Waals surface area (Å²) in [7, 11) is 0. The van der Waals surface area contributed by atoms with Crippen LogP contribution in [0.5, 0.6) is 0 Å². The number of esters is 1. The van der Waals surface area contributed by atoms with Gasteiger partial charge in [0.25, 0.3) is 0 Å². The zero-order chi connectivity index (χ0) is 22.0. The van der Waals surface area contributed by atoms with Gasteiger partial charge in [0, 0.05) is 31.7 Å². The van der Waals surface area contributed by atoms with Gasteiger partial charge in [0.05, 0.1) is 0 Å². The smallest absolute Gasteiger partial charge is 0.302 e. The van der Waals surface area contributed by atoms with Crippen LogP contribution in [0.15, 0.2) is 12.7 Å². The zero-order valence-corrected chi connectivity index (χ0v) is 19.1. The summed E-state index contributed by atoms with van der Waals surface area (Å²) in [6, 6.07) is -0.168. The summed E-state index contributed by atoms with van der Waals surface area (Å²) in [4.78, 5) is 35.9. The Labute approximate surface area is 176 Å². The van der Waals surface area contributed by atoms with Crippen molar-refractivity contribution in [2.24, 2.45) is 22.2 Å². The van der Waals surface area contributed by atoms with Crippen molar-refractivity contribution in [1.82, 2.24) is 5.32 Å². The minimum absolute atomic E-state index is 0.0353. The third-order valence-electron chi connectivity index (χ3n) is 7.94. The van der Waals surface area contributed by atoms with E-state index in [9.17, 15) is 14.4 Å². The molecule has 4 unspecified atom stereocenters. The first-order valence-corrected chi connectivity index (χ1v) is 10.9. The van der Waals surface area contributed by atoms with Crippen molar-refractivity contribution < 1.29 is 19.1 Å². The number of amides is 1. The van der Waals surface area contributed by atoms with E-state index in [2.05, 4.69) is 25.7 Å². The number of carbonyl (C=O) groups is 3. The van der Waals surface area contributed by atoms with Crippen molar-refractivity contribution >= 4 is 17.7 Å². The van der Waals surface area contributed by atoms with E-state index in [4.69, 9.17) is 4.74 Å². The molecular weight excluding hydrogens is 366 g/mol. The van der Waals surface area contributed by atoms with Crippen LogP contribution in [0.2, 0.25) is 0 Å². The molecule has 2 saturated carbocycles. The molecule has 1 amide bonds. The lowest BCUT2D eigenvalue weighted by molar-refractivity contribution is -0.162. The molecule has 29 heavy (non-hydrogen) atoms. The van der Waals surface area contributed by atoms with Gasteiger partial charge in [0.15, 0.2) is 0 Å². The van der Waals surface area contributed by atoms with Gasteiger partial charge in [-0.2, -0.15) is 0 Å². The van der Waals surface area contributed by atoms with Gasteiger partial charge in [0.2, 0.25) is 5.91 Å². The number of rotatable bonds is 6. The molecule has 0 saturated heterocycles. The summed E-state index contributed by atoms with van der Waals surface area (Å²) in [5.74, 6) is 0.316. The molecule has 2 rings (SSSR count). The number of hydrogen-bond acceptors (Lipinski definition) is 4. The van der Waals surface area contributed by atoms with Crippen LogP contribution < -0.4 is 5.32 Å². The predicted molar refractivity (Wildman–Crippen MR) is 114 cm³/mol. The fourth-order valence-corrected chi connectivity index (χ4v) is 5.81. The molecule has 0 aromatic rings. The first kappa shape index (κ1) is 23.6. The second-order valence-electron chi connectivity index (χ2n) is 10.3. The molecule has 164 valence electrons. The van der Waals surface area contributed by atoms with Crippen LogP contribution in [0.1, 0.15) is 86.5 Å². The summed E-state index contributed by atoms with van der Waals surface area (Å²) < 4.78 is 5.88. The Morgan fingerprint density at radius 2 is 1.83 bits per heavy atom. The molecule has 0 aliphatic heterocycles. The number of nitrogens with one attached hydrogen (secondary N) is 1. The zero-order valence-electron chi connectivity index (χ0n) is 19.1. The second kappa shape index (κ2) is 8.61. The molecule has 0 aromatic carbocycles. The standard InChI is InChI=1S/C24H39NO4/c1-8-23(7)20(25-18(4)27)13-22(6)15-24(11-9-16(22)2,12-10-17(3)26)14-21(23)29-19(5)28/h8,16,20-21H,1,9-15H2,2-7H3,(H,25,27)/t16?,20?,21?,22-,23+,24?/m0/s1. The average molecular weight is 406 g/mol. The Morgan fingerprint density at radius 3 is 2.34 bits per heavy atom. The molecule has 2 fully saturated rings. The highest BCUT2D eigenvalue weighted by atomic mass is 16.5. The highest BCUT2D eigenvalue weighted by molar-refractivity contribution is 5.75. The Kier molecular flexibility index (Phi) is 7.01. The van der Waals surface area contributed by atoms with Gasteiger partial charge in [-0.3, -0.25) is 9.59 Å². The largest absolute Gasteiger partial charge is 0.462 e. The maximum Gasteiger partial charge on any atom is 0.302 e. The molecule has 0 heterocycles. The lowest BCUT2D eigenvalue weighted by atomic mass is 9.50. The minimum Gasteiger partial charge on any atom is -0.462 e. The van der Waals surface area contributed by atoms with Crippen LogP contribution in [0.3, 0.4) is 0 Å². The Morgan fingerprint density at radius 1 is 1.17 bits per heavy atom. The number of hydrogen-bond donors (Lipinski definition) is 1. The number of carbonyl (C=O) groups excluding carboxylic acids is 3. The third kappa shape index (κ3) is 5.10. The molecule has 5 heteroatoms. The second-order valence-corrected chi connectivity index (χ2v) is 10.3. The van der Waals surface area contributed by atoms with Gasteiger partial charge in [-0.25, -0.2) is 0 Å². The van der Waals surface area contributed by atoms with Crippen LogP contribution in [-0.4, -0.2) is 29.8 Å². The maximum absolute atomic E-state index is 12.1. The van der Waals surface area contributed by atoms with Gasteiger partial charge in [-0.15, -0.1) is 6.58 Å². The first-order chi connectivity index (χ1) is 13.4. The van der Waals surface area contributed by atoms with Gasteiger partial charge in [-0.05, 0) is 62.2 Å². The molecule has 2 bridgehead atoms. The predicted octanol–water partition coefficient (Wildman–Crippen LogP) is 4.59. The minimum atomic E-state index is -0.586. The number of ether oxygens (including phenoxy) is 1. The van der Waals surface area contributed by atoms with Crippen LogP contribution in [0.4, 0.5) is 0 Å². The lowest BCUT2D eigenvalue weighted by Crippen LogP contribution is -2.59. The molecule has 2 aliphatic carbocycles. The Hall–Kier alpha value is -1.65. The summed E-state index contributed by atoms with van der Waals surface area (Å²) in [6.45, 7) is 15.4. The van der Waals surface area contributed by atoms with E-state index >= 15 is 0 Å². The number of ketones is 1. The quantitative estimate of drug-likeness (QED) is 0.518. The van der Waals surface area contributed by atoms with Crippen LogP contribution in [-0.2, 0) is 19.1 Å². The van der Waals surface area contributed by atoms with E-state index in [1.54, 1.807) is 6.92 Å². The Bertz CT molecular complexity index is 674. The van der Waals surface area contributed by atoms with Crippen molar-refractivity contribution in [2.45, 2.75) is 98.6 Å². The molecule has 1 N–H and O–H groups in total. The van der Waals surface area contributed by atoms with Crippen molar-refractivity contribution in [3.63, 3.8) is 0 Å². The van der Waals surface area contributed by atoms with E-state index in [0.29, 0.717) is 18.8 Å². The molecular formula is C24H39NO4. The number of Topliss-reactive ketones (excluding diaryl/α,β-unsaturated/α-hetero) is 1. The van der Waals surface area contributed by atoms with E-state index in [0.717, 1.165) is 32.1 Å². The molecule has 0 aromatic heterocycles.